The van der Waals surface area contributed by atoms with Crippen molar-refractivity contribution in [3.63, 3.8) is 0 Å². The van der Waals surface area contributed by atoms with E-state index in [1.165, 1.54) is 11.8 Å². The second kappa shape index (κ2) is 7.72. The lowest BCUT2D eigenvalue weighted by molar-refractivity contribution is 0.457. The van der Waals surface area contributed by atoms with Gasteiger partial charge in [-0.3, -0.25) is 14.2 Å². The van der Waals surface area contributed by atoms with Gasteiger partial charge in [0.2, 0.25) is 0 Å². The zero-order valence-electron chi connectivity index (χ0n) is 16.7. The highest BCUT2D eigenvalue weighted by Gasteiger charge is 2.25. The number of H-pyrrole nitrogens is 1. The first-order valence-corrected chi connectivity index (χ1v) is 11.2. The van der Waals surface area contributed by atoms with Gasteiger partial charge in [-0.05, 0) is 44.0 Å². The summed E-state index contributed by atoms with van der Waals surface area (Å²) in [7, 11) is 0. The van der Waals surface area contributed by atoms with Crippen molar-refractivity contribution in [2.75, 3.05) is 0 Å². The van der Waals surface area contributed by atoms with Gasteiger partial charge in [0, 0.05) is 6.04 Å². The van der Waals surface area contributed by atoms with Crippen LogP contribution in [0.3, 0.4) is 0 Å². The highest BCUT2D eigenvalue weighted by Crippen LogP contribution is 2.37. The van der Waals surface area contributed by atoms with Gasteiger partial charge in [-0.2, -0.15) is 0 Å². The largest absolute Gasteiger partial charge is 0.309 e. The molecule has 0 amide bonds. The Balaban J connectivity index is 1.60. The number of thioether (sulfide) groups is 1. The number of aromatic amines is 1. The van der Waals surface area contributed by atoms with Crippen LogP contribution in [0.15, 0.2) is 63.3 Å². The zero-order chi connectivity index (χ0) is 20.7. The molecule has 2 aromatic heterocycles. The predicted octanol–water partition coefficient (Wildman–Crippen LogP) is 4.60. The van der Waals surface area contributed by atoms with E-state index in [0.717, 1.165) is 25.7 Å². The zero-order valence-corrected chi connectivity index (χ0v) is 17.5. The maximum atomic E-state index is 13.3. The molecule has 5 rings (SSSR count). The van der Waals surface area contributed by atoms with Crippen LogP contribution in [0.2, 0.25) is 0 Å². The fourth-order valence-electron chi connectivity index (χ4n) is 4.20. The van der Waals surface area contributed by atoms with E-state index in [4.69, 9.17) is 4.98 Å². The van der Waals surface area contributed by atoms with Gasteiger partial charge >= 0.3 is 0 Å². The lowest BCUT2D eigenvalue weighted by Crippen LogP contribution is -2.26. The number of aromatic nitrogens is 4. The standard InChI is InChI=1S/C23H22N4O2S/c1-14(20-24-18-12-6-4-10-16(18)21(28)26-20)30-23-25-19-13-7-5-11-17(19)22(29)27(23)15-8-2-3-9-15/h4-7,10-15H,2-3,8-9H2,1H3,(H,24,26,28)/t14-/m0/s1. The van der Waals surface area contributed by atoms with Crippen LogP contribution in [0.4, 0.5) is 0 Å². The van der Waals surface area contributed by atoms with Gasteiger partial charge in [0.1, 0.15) is 5.82 Å². The molecule has 0 spiro atoms. The van der Waals surface area contributed by atoms with E-state index >= 15 is 0 Å². The molecule has 152 valence electrons. The summed E-state index contributed by atoms with van der Waals surface area (Å²) in [6.07, 6.45) is 4.24. The van der Waals surface area contributed by atoms with Gasteiger partial charge < -0.3 is 4.98 Å². The Hall–Kier alpha value is -2.93. The molecule has 1 aliphatic carbocycles. The number of para-hydroxylation sites is 2. The normalized spacial score (nSPS) is 15.8. The molecule has 0 bridgehead atoms. The van der Waals surface area contributed by atoms with Crippen LogP contribution in [0, 0.1) is 0 Å². The number of nitrogens with zero attached hydrogens (tertiary/aromatic N) is 3. The van der Waals surface area contributed by atoms with Crippen molar-refractivity contribution in [3.8, 4) is 0 Å². The molecule has 0 unspecified atom stereocenters. The number of rotatable bonds is 4. The van der Waals surface area contributed by atoms with Crippen LogP contribution in [-0.4, -0.2) is 19.5 Å². The van der Waals surface area contributed by atoms with Crippen molar-refractivity contribution in [2.24, 2.45) is 0 Å². The monoisotopic (exact) mass is 418 g/mol. The molecule has 1 aliphatic rings. The van der Waals surface area contributed by atoms with Crippen LogP contribution in [-0.2, 0) is 0 Å². The second-order valence-corrected chi connectivity index (χ2v) is 9.06. The van der Waals surface area contributed by atoms with Crippen LogP contribution in [0.1, 0.15) is 49.7 Å². The van der Waals surface area contributed by atoms with E-state index in [0.29, 0.717) is 32.8 Å². The topological polar surface area (TPSA) is 80.6 Å². The number of hydrogen-bond donors (Lipinski definition) is 1. The number of hydrogen-bond acceptors (Lipinski definition) is 5. The Morgan fingerprint density at radius 3 is 2.33 bits per heavy atom. The minimum Gasteiger partial charge on any atom is -0.309 e. The summed E-state index contributed by atoms with van der Waals surface area (Å²) in [4.78, 5) is 38.2. The Morgan fingerprint density at radius 2 is 1.60 bits per heavy atom. The van der Waals surface area contributed by atoms with Crippen LogP contribution in [0.5, 0.6) is 0 Å². The molecule has 2 heterocycles. The molecule has 1 N–H and O–H groups in total. The second-order valence-electron chi connectivity index (χ2n) is 7.75. The summed E-state index contributed by atoms with van der Waals surface area (Å²) in [5, 5.41) is 1.75. The molecule has 0 aliphatic heterocycles. The lowest BCUT2D eigenvalue weighted by atomic mass is 10.2. The Morgan fingerprint density at radius 1 is 0.967 bits per heavy atom. The highest BCUT2D eigenvalue weighted by molar-refractivity contribution is 7.99. The SMILES string of the molecule is C[C@H](Sc1nc2ccccc2c(=O)n1C1CCCC1)c1nc2ccccc2c(=O)[nH]1. The lowest BCUT2D eigenvalue weighted by Gasteiger charge is -2.20. The van der Waals surface area contributed by atoms with Crippen molar-refractivity contribution in [3.05, 3.63) is 75.1 Å². The van der Waals surface area contributed by atoms with E-state index in [2.05, 4.69) is 9.97 Å². The predicted molar refractivity (Wildman–Crippen MR) is 120 cm³/mol. The van der Waals surface area contributed by atoms with E-state index in [-0.39, 0.29) is 22.4 Å². The van der Waals surface area contributed by atoms with E-state index in [9.17, 15) is 9.59 Å². The molecular formula is C23H22N4O2S. The van der Waals surface area contributed by atoms with Gasteiger partial charge in [0.15, 0.2) is 5.16 Å². The molecule has 1 atom stereocenters. The fourth-order valence-corrected chi connectivity index (χ4v) is 5.24. The van der Waals surface area contributed by atoms with Crippen molar-refractivity contribution in [1.29, 1.82) is 0 Å². The molecular weight excluding hydrogens is 396 g/mol. The maximum absolute atomic E-state index is 13.3. The summed E-state index contributed by atoms with van der Waals surface area (Å²) in [5.74, 6) is 0.587. The molecule has 4 aromatic rings. The summed E-state index contributed by atoms with van der Waals surface area (Å²) < 4.78 is 1.87. The highest BCUT2D eigenvalue weighted by atomic mass is 32.2. The third-order valence-corrected chi connectivity index (χ3v) is 6.84. The van der Waals surface area contributed by atoms with Crippen LogP contribution < -0.4 is 11.1 Å². The van der Waals surface area contributed by atoms with Gasteiger partial charge in [-0.25, -0.2) is 9.97 Å². The summed E-state index contributed by atoms with van der Waals surface area (Å²) in [6, 6.07) is 15.0. The number of fused-ring (bicyclic) bond motifs is 2. The summed E-state index contributed by atoms with van der Waals surface area (Å²) in [6.45, 7) is 1.98. The molecule has 0 radical (unpaired) electrons. The van der Waals surface area contributed by atoms with E-state index in [1.54, 1.807) is 6.07 Å². The first-order valence-electron chi connectivity index (χ1n) is 10.3. The summed E-state index contributed by atoms with van der Waals surface area (Å²) in [5.41, 5.74) is 1.24. The van der Waals surface area contributed by atoms with Gasteiger partial charge in [0.05, 0.1) is 27.1 Å². The molecule has 7 heteroatoms. The van der Waals surface area contributed by atoms with Crippen molar-refractivity contribution in [1.82, 2.24) is 19.5 Å². The average Bonchev–Trinajstić information content (AvgIpc) is 3.28. The van der Waals surface area contributed by atoms with E-state index < -0.39 is 0 Å². The molecule has 30 heavy (non-hydrogen) atoms. The quantitative estimate of drug-likeness (QED) is 0.387. The minimum absolute atomic E-state index is 0.0159. The molecule has 1 saturated carbocycles. The Bertz CT molecular complexity index is 1350. The van der Waals surface area contributed by atoms with Crippen molar-refractivity contribution in [2.45, 2.75) is 49.1 Å². The van der Waals surface area contributed by atoms with Crippen molar-refractivity contribution >= 4 is 33.6 Å². The minimum atomic E-state index is -0.164. The molecule has 6 nitrogen and oxygen atoms in total. The third kappa shape index (κ3) is 3.33. The summed E-state index contributed by atoms with van der Waals surface area (Å²) >= 11 is 1.48. The maximum Gasteiger partial charge on any atom is 0.262 e. The average molecular weight is 419 g/mol. The molecule has 1 fully saturated rings. The number of benzene rings is 2. The first kappa shape index (κ1) is 19.1. The fraction of sp³-hybridized carbons (Fsp3) is 0.304. The van der Waals surface area contributed by atoms with Gasteiger partial charge in [-0.1, -0.05) is 48.9 Å². The smallest absolute Gasteiger partial charge is 0.262 e. The Labute approximate surface area is 177 Å². The Kier molecular flexibility index (Phi) is 4.90. The molecule has 2 aromatic carbocycles. The van der Waals surface area contributed by atoms with E-state index in [1.807, 2.05) is 54.0 Å². The van der Waals surface area contributed by atoms with Gasteiger partial charge in [-0.15, -0.1) is 0 Å². The van der Waals surface area contributed by atoms with Crippen LogP contribution >= 0.6 is 11.8 Å². The van der Waals surface area contributed by atoms with Crippen LogP contribution in [0.25, 0.3) is 21.8 Å². The third-order valence-electron chi connectivity index (χ3n) is 5.76. The first-order chi connectivity index (χ1) is 14.6. The van der Waals surface area contributed by atoms with Crippen molar-refractivity contribution < 1.29 is 0 Å². The number of nitrogens with one attached hydrogen (secondary N) is 1. The van der Waals surface area contributed by atoms with Gasteiger partial charge in [0.25, 0.3) is 11.1 Å². The molecule has 0 saturated heterocycles.